The van der Waals surface area contributed by atoms with Crippen molar-refractivity contribution in [1.82, 2.24) is 19.5 Å². The predicted molar refractivity (Wildman–Crippen MR) is 130 cm³/mol. The van der Waals surface area contributed by atoms with Crippen molar-refractivity contribution >= 4 is 36.5 Å². The van der Waals surface area contributed by atoms with Crippen LogP contribution in [0.15, 0.2) is 55.1 Å². The van der Waals surface area contributed by atoms with Gasteiger partial charge in [-0.2, -0.15) is 0 Å². The van der Waals surface area contributed by atoms with E-state index in [1.165, 1.54) is 6.33 Å². The first-order chi connectivity index (χ1) is 17.0. The average molecular weight is 521 g/mol. The van der Waals surface area contributed by atoms with Gasteiger partial charge >= 0.3 is 19.5 Å². The first kappa shape index (κ1) is 28.4. The maximum atomic E-state index is 13.1. The number of hydrogen-bond acceptors (Lipinski definition) is 10. The van der Waals surface area contributed by atoms with Gasteiger partial charge in [0.1, 0.15) is 17.6 Å². The van der Waals surface area contributed by atoms with Crippen LogP contribution >= 0.6 is 7.60 Å². The lowest BCUT2D eigenvalue weighted by molar-refractivity contribution is -0.134. The zero-order valence-electron chi connectivity index (χ0n) is 19.9. The number of nitrogens with zero attached hydrogens (tertiary/aromatic N) is 4. The van der Waals surface area contributed by atoms with Crippen molar-refractivity contribution in [2.45, 2.75) is 39.5 Å². The summed E-state index contributed by atoms with van der Waals surface area (Å²) in [6.45, 7) is 5.90. The van der Waals surface area contributed by atoms with Crippen molar-refractivity contribution in [3.8, 4) is 5.75 Å². The van der Waals surface area contributed by atoms with E-state index in [9.17, 15) is 14.2 Å². The summed E-state index contributed by atoms with van der Waals surface area (Å²) in [6, 6.07) is 8.90. The van der Waals surface area contributed by atoms with Crippen LogP contribution in [0.5, 0.6) is 5.75 Å². The second-order valence-electron chi connectivity index (χ2n) is 7.61. The number of aliphatic carboxylic acids is 2. The Morgan fingerprint density at radius 1 is 1.08 bits per heavy atom. The molecule has 3 aromatic rings. The van der Waals surface area contributed by atoms with Gasteiger partial charge in [-0.1, -0.05) is 18.2 Å². The highest BCUT2D eigenvalue weighted by molar-refractivity contribution is 7.54. The van der Waals surface area contributed by atoms with E-state index < -0.39 is 19.5 Å². The summed E-state index contributed by atoms with van der Waals surface area (Å²) < 4.78 is 31.9. The molecule has 0 spiro atoms. The lowest BCUT2D eigenvalue weighted by Gasteiger charge is -2.23. The van der Waals surface area contributed by atoms with E-state index in [4.69, 9.17) is 29.7 Å². The molecular formula is C22H28N5O8P. The SMILES string of the molecule is CC(C)OP(=O)(CO[C@H](C)Cn1cnc2c(N)ncnc21)Oc1ccccc1.O=C(O)/C=C/C(=O)O. The number of nitrogen functional groups attached to an aromatic ring is 1. The van der Waals surface area contributed by atoms with Gasteiger partial charge in [0.2, 0.25) is 0 Å². The number of para-hydroxylation sites is 1. The number of imidazole rings is 1. The van der Waals surface area contributed by atoms with Crippen molar-refractivity contribution in [1.29, 1.82) is 0 Å². The van der Waals surface area contributed by atoms with E-state index in [-0.39, 0.29) is 18.6 Å². The average Bonchev–Trinajstić information content (AvgIpc) is 3.21. The Morgan fingerprint density at radius 2 is 1.72 bits per heavy atom. The quantitative estimate of drug-likeness (QED) is 0.247. The highest BCUT2D eigenvalue weighted by atomic mass is 31.2. The van der Waals surface area contributed by atoms with E-state index in [1.807, 2.05) is 17.6 Å². The van der Waals surface area contributed by atoms with Gasteiger partial charge in [-0.05, 0) is 32.9 Å². The molecule has 0 radical (unpaired) electrons. The fraction of sp³-hybridized carbons (Fsp3) is 0.318. The molecule has 36 heavy (non-hydrogen) atoms. The van der Waals surface area contributed by atoms with Crippen LogP contribution in [0.2, 0.25) is 0 Å². The fourth-order valence-corrected chi connectivity index (χ4v) is 4.44. The molecule has 0 bridgehead atoms. The van der Waals surface area contributed by atoms with Crippen LogP contribution in [0, 0.1) is 0 Å². The Morgan fingerprint density at radius 3 is 2.31 bits per heavy atom. The number of fused-ring (bicyclic) bond motifs is 1. The van der Waals surface area contributed by atoms with Gasteiger partial charge in [0.25, 0.3) is 0 Å². The minimum absolute atomic E-state index is 0.176. The molecule has 0 aliphatic rings. The highest BCUT2D eigenvalue weighted by Gasteiger charge is 2.29. The third-order valence-corrected chi connectivity index (χ3v) is 5.83. The van der Waals surface area contributed by atoms with E-state index >= 15 is 0 Å². The van der Waals surface area contributed by atoms with Gasteiger partial charge in [0, 0.05) is 12.2 Å². The van der Waals surface area contributed by atoms with Crippen LogP contribution in [0.1, 0.15) is 20.8 Å². The Bertz CT molecular complexity index is 1220. The number of nitrogens with two attached hydrogens (primary N) is 1. The van der Waals surface area contributed by atoms with Gasteiger partial charge in [-0.25, -0.2) is 29.1 Å². The molecule has 0 aliphatic carbocycles. The lowest BCUT2D eigenvalue weighted by Crippen LogP contribution is -2.19. The van der Waals surface area contributed by atoms with Crippen LogP contribution in [0.3, 0.4) is 0 Å². The van der Waals surface area contributed by atoms with Crippen molar-refractivity contribution in [2.24, 2.45) is 0 Å². The zero-order chi connectivity index (χ0) is 26.7. The highest BCUT2D eigenvalue weighted by Crippen LogP contribution is 2.49. The number of carboxylic acids is 2. The van der Waals surface area contributed by atoms with Gasteiger partial charge in [0.05, 0.1) is 25.1 Å². The van der Waals surface area contributed by atoms with E-state index in [0.29, 0.717) is 41.4 Å². The Labute approximate surface area is 207 Å². The van der Waals surface area contributed by atoms with Gasteiger partial charge in [-0.15, -0.1) is 0 Å². The summed E-state index contributed by atoms with van der Waals surface area (Å²) in [7, 11) is -3.49. The largest absolute Gasteiger partial charge is 0.478 e. The first-order valence-electron chi connectivity index (χ1n) is 10.7. The number of hydrogen-bond donors (Lipinski definition) is 3. The molecule has 1 unspecified atom stereocenters. The summed E-state index contributed by atoms with van der Waals surface area (Å²) in [5, 5.41) is 15.6. The Kier molecular flexibility index (Phi) is 10.5. The van der Waals surface area contributed by atoms with Crippen LogP contribution in [-0.2, 0) is 30.0 Å². The molecular weight excluding hydrogens is 493 g/mol. The molecule has 3 rings (SSSR count). The number of benzene rings is 1. The molecule has 4 N–H and O–H groups in total. The number of ether oxygens (including phenoxy) is 1. The monoisotopic (exact) mass is 521 g/mol. The minimum Gasteiger partial charge on any atom is -0.478 e. The summed E-state index contributed by atoms with van der Waals surface area (Å²) in [5.74, 6) is -1.72. The fourth-order valence-electron chi connectivity index (χ4n) is 2.76. The lowest BCUT2D eigenvalue weighted by atomic mass is 10.3. The van der Waals surface area contributed by atoms with Crippen molar-refractivity contribution < 1.29 is 38.2 Å². The maximum absolute atomic E-state index is 13.1. The molecule has 2 atom stereocenters. The molecule has 1 aromatic carbocycles. The maximum Gasteiger partial charge on any atom is 0.404 e. The minimum atomic E-state index is -3.49. The first-order valence-corrected chi connectivity index (χ1v) is 12.4. The van der Waals surface area contributed by atoms with E-state index in [2.05, 4.69) is 15.0 Å². The number of carboxylic acid groups (broad SMARTS) is 2. The molecule has 14 heteroatoms. The van der Waals surface area contributed by atoms with Gasteiger partial charge in [-0.3, -0.25) is 4.52 Å². The molecule has 0 saturated carbocycles. The summed E-state index contributed by atoms with van der Waals surface area (Å²) in [5.41, 5.74) is 6.96. The molecule has 0 fully saturated rings. The molecule has 2 heterocycles. The van der Waals surface area contributed by atoms with Crippen molar-refractivity contribution in [3.05, 3.63) is 55.1 Å². The third kappa shape index (κ3) is 9.45. The molecule has 194 valence electrons. The van der Waals surface area contributed by atoms with Crippen LogP contribution < -0.4 is 10.3 Å². The summed E-state index contributed by atoms with van der Waals surface area (Å²) in [4.78, 5) is 31.5. The number of carbonyl (C=O) groups is 2. The van der Waals surface area contributed by atoms with E-state index in [1.54, 1.807) is 44.4 Å². The second kappa shape index (κ2) is 13.3. The van der Waals surface area contributed by atoms with Crippen LogP contribution in [0.25, 0.3) is 11.2 Å². The molecule has 0 aliphatic heterocycles. The second-order valence-corrected chi connectivity index (χ2v) is 9.49. The molecule has 13 nitrogen and oxygen atoms in total. The summed E-state index contributed by atoms with van der Waals surface area (Å²) >= 11 is 0. The van der Waals surface area contributed by atoms with Crippen molar-refractivity contribution in [2.75, 3.05) is 12.1 Å². The van der Waals surface area contributed by atoms with Crippen LogP contribution in [-0.4, -0.2) is 60.2 Å². The van der Waals surface area contributed by atoms with Gasteiger partial charge in [0.15, 0.2) is 17.8 Å². The summed E-state index contributed by atoms with van der Waals surface area (Å²) in [6.07, 6.45) is 3.39. The Balaban J connectivity index is 0.000000493. The Hall–Kier alpha value is -3.80. The standard InChI is InChI=1S/C18H24N5O4P.C4H4O4/c1-13(2)26-28(24,27-15-7-5-4-6-8-15)12-25-14(3)9-23-11-22-16-17(19)20-10-21-18(16)23;5-3(6)1-2-4(7)8/h4-8,10-11,13-14H,9,12H2,1-3H3,(H2,19,20,21);1-2H,(H,5,6)(H,7,8)/b;2-1+/t14-,28?;/m1./s1. The smallest absolute Gasteiger partial charge is 0.404 e. The number of anilines is 1. The third-order valence-electron chi connectivity index (χ3n) is 4.13. The topological polar surface area (TPSA) is 189 Å². The molecule has 0 amide bonds. The van der Waals surface area contributed by atoms with E-state index in [0.717, 1.165) is 0 Å². The zero-order valence-corrected chi connectivity index (χ0v) is 20.8. The normalized spacial score (nSPS) is 13.7. The number of rotatable bonds is 11. The van der Waals surface area contributed by atoms with Crippen LogP contribution in [0.4, 0.5) is 5.82 Å². The molecule has 2 aromatic heterocycles. The van der Waals surface area contributed by atoms with Crippen molar-refractivity contribution in [3.63, 3.8) is 0 Å². The van der Waals surface area contributed by atoms with Gasteiger partial charge < -0.3 is 29.8 Å². The number of aromatic nitrogens is 4. The predicted octanol–water partition coefficient (Wildman–Crippen LogP) is 3.18. The molecule has 0 saturated heterocycles.